The Morgan fingerprint density at radius 2 is 2.12 bits per heavy atom. The molecule has 0 spiro atoms. The molecule has 184 valence electrons. The first-order valence-corrected chi connectivity index (χ1v) is 13.1. The Kier molecular flexibility index (Phi) is 7.52. The number of nitrogens with one attached hydrogen (secondary N) is 2. The summed E-state index contributed by atoms with van der Waals surface area (Å²) >= 11 is 1.24. The van der Waals surface area contributed by atoms with Gasteiger partial charge >= 0.3 is 0 Å². The topological polar surface area (TPSA) is 107 Å². The van der Waals surface area contributed by atoms with Crippen molar-refractivity contribution >= 4 is 29.0 Å². The van der Waals surface area contributed by atoms with Crippen LogP contribution >= 0.6 is 11.3 Å². The molecule has 0 bridgehead atoms. The van der Waals surface area contributed by atoms with Crippen LogP contribution in [-0.4, -0.2) is 62.6 Å². The third-order valence-corrected chi connectivity index (χ3v) is 8.03. The maximum Gasteiger partial charge on any atom is 0.280 e. The molecule has 2 aliphatic rings. The van der Waals surface area contributed by atoms with Gasteiger partial charge in [-0.3, -0.25) is 9.59 Å². The minimum atomic E-state index is -0.373. The molecule has 2 amide bonds. The number of aromatic nitrogens is 2. The van der Waals surface area contributed by atoms with Crippen LogP contribution < -0.4 is 10.6 Å². The fourth-order valence-electron chi connectivity index (χ4n) is 4.68. The van der Waals surface area contributed by atoms with Gasteiger partial charge in [0.05, 0.1) is 11.0 Å². The Bertz CT molecular complexity index is 1060. The lowest BCUT2D eigenvalue weighted by atomic mass is 10.1. The number of likely N-dealkylation sites (tertiary alicyclic amines) is 1. The lowest BCUT2D eigenvalue weighted by Gasteiger charge is -2.21. The molecule has 4 rings (SSSR count). The van der Waals surface area contributed by atoms with Gasteiger partial charge in [0, 0.05) is 36.4 Å². The van der Waals surface area contributed by atoms with Gasteiger partial charge in [0.25, 0.3) is 11.8 Å². The normalized spacial score (nSPS) is 23.2. The first kappa shape index (κ1) is 24.6. The Morgan fingerprint density at radius 3 is 2.74 bits per heavy atom. The summed E-state index contributed by atoms with van der Waals surface area (Å²) in [4.78, 5) is 38.2. The number of aliphatic hydroxyl groups is 1. The van der Waals surface area contributed by atoms with Crippen molar-refractivity contribution in [2.45, 2.75) is 90.4 Å². The maximum atomic E-state index is 13.5. The van der Waals surface area contributed by atoms with Gasteiger partial charge in [0.2, 0.25) is 0 Å². The van der Waals surface area contributed by atoms with Crippen LogP contribution in [0.2, 0.25) is 0 Å². The van der Waals surface area contributed by atoms with E-state index in [0.717, 1.165) is 42.6 Å². The number of anilines is 1. The summed E-state index contributed by atoms with van der Waals surface area (Å²) in [6.07, 6.45) is 6.31. The highest BCUT2D eigenvalue weighted by Gasteiger charge is 2.32. The summed E-state index contributed by atoms with van der Waals surface area (Å²) < 4.78 is 0. The number of carbonyl (C=O) groups is 2. The van der Waals surface area contributed by atoms with Gasteiger partial charge < -0.3 is 20.6 Å². The summed E-state index contributed by atoms with van der Waals surface area (Å²) in [5.74, 6) is 0.367. The van der Waals surface area contributed by atoms with Gasteiger partial charge in [-0.2, -0.15) is 0 Å². The summed E-state index contributed by atoms with van der Waals surface area (Å²) in [5.41, 5.74) is 2.11. The molecule has 34 heavy (non-hydrogen) atoms. The summed E-state index contributed by atoms with van der Waals surface area (Å²) in [6.45, 7) is 8.97. The molecule has 3 N–H and O–H groups in total. The second kappa shape index (κ2) is 10.4. The fourth-order valence-corrected chi connectivity index (χ4v) is 5.71. The molecule has 2 fully saturated rings. The number of hydrogen-bond donors (Lipinski definition) is 3. The van der Waals surface area contributed by atoms with E-state index < -0.39 is 0 Å². The minimum Gasteiger partial charge on any atom is -0.393 e. The highest BCUT2D eigenvalue weighted by Crippen LogP contribution is 2.35. The molecule has 1 saturated heterocycles. The van der Waals surface area contributed by atoms with E-state index in [2.05, 4.69) is 41.4 Å². The van der Waals surface area contributed by atoms with Crippen LogP contribution in [0.25, 0.3) is 10.4 Å². The van der Waals surface area contributed by atoms with Crippen molar-refractivity contribution < 1.29 is 14.7 Å². The number of pyridine rings is 1. The van der Waals surface area contributed by atoms with Crippen molar-refractivity contribution in [3.05, 3.63) is 28.5 Å². The molecular formula is C25H35N5O3S. The standard InChI is InChI=1S/C25H35N5O3S/c1-5-15(3)27-20-11-14(2)19(13-26-20)22-21(25(33)30-10-6-7-16(30)4)29-24(34-22)23(32)28-17-8-9-18(31)12-17/h11,13,15-18,31H,5-10,12H2,1-4H3,(H,26,27)(H,28,32)/t15-,16+,17-,18-/m1/s1. The summed E-state index contributed by atoms with van der Waals surface area (Å²) in [5, 5.41) is 16.4. The van der Waals surface area contributed by atoms with E-state index in [4.69, 9.17) is 0 Å². The average Bonchev–Trinajstić information content (AvgIpc) is 3.53. The minimum absolute atomic E-state index is 0.0677. The molecule has 9 heteroatoms. The number of aryl methyl sites for hydroxylation is 1. The zero-order valence-electron chi connectivity index (χ0n) is 20.4. The van der Waals surface area contributed by atoms with Gasteiger partial charge in [0.15, 0.2) is 5.01 Å². The first-order chi connectivity index (χ1) is 16.3. The third-order valence-electron chi connectivity index (χ3n) is 6.94. The van der Waals surface area contributed by atoms with Crippen LogP contribution in [0, 0.1) is 6.92 Å². The van der Waals surface area contributed by atoms with Crippen molar-refractivity contribution in [1.82, 2.24) is 20.2 Å². The van der Waals surface area contributed by atoms with E-state index in [1.54, 1.807) is 6.20 Å². The first-order valence-electron chi connectivity index (χ1n) is 12.3. The van der Waals surface area contributed by atoms with Gasteiger partial charge in [-0.1, -0.05) is 6.92 Å². The van der Waals surface area contributed by atoms with Crippen molar-refractivity contribution in [3.63, 3.8) is 0 Å². The van der Waals surface area contributed by atoms with Gasteiger partial charge in [-0.15, -0.1) is 11.3 Å². The molecule has 2 aromatic rings. The smallest absolute Gasteiger partial charge is 0.280 e. The number of hydrogen-bond acceptors (Lipinski definition) is 7. The third kappa shape index (κ3) is 5.25. The number of amides is 2. The zero-order chi connectivity index (χ0) is 24.4. The Balaban J connectivity index is 1.67. The molecule has 4 atom stereocenters. The highest BCUT2D eigenvalue weighted by molar-refractivity contribution is 7.17. The van der Waals surface area contributed by atoms with Crippen LogP contribution in [0.15, 0.2) is 12.3 Å². The maximum absolute atomic E-state index is 13.5. The fraction of sp³-hybridized carbons (Fsp3) is 0.600. The van der Waals surface area contributed by atoms with E-state index in [1.165, 1.54) is 11.3 Å². The van der Waals surface area contributed by atoms with Crippen LogP contribution in [0.4, 0.5) is 5.82 Å². The number of rotatable bonds is 7. The van der Waals surface area contributed by atoms with E-state index in [1.807, 2.05) is 17.9 Å². The number of carbonyl (C=O) groups excluding carboxylic acids is 2. The Labute approximate surface area is 205 Å². The molecule has 3 heterocycles. The summed E-state index contributed by atoms with van der Waals surface area (Å²) in [7, 11) is 0. The van der Waals surface area contributed by atoms with Crippen molar-refractivity contribution in [3.8, 4) is 10.4 Å². The molecule has 0 aromatic carbocycles. The van der Waals surface area contributed by atoms with Gasteiger partial charge in [-0.05, 0) is 70.9 Å². The van der Waals surface area contributed by atoms with Crippen LogP contribution in [0.1, 0.15) is 85.2 Å². The van der Waals surface area contributed by atoms with E-state index in [0.29, 0.717) is 36.0 Å². The quantitative estimate of drug-likeness (QED) is 0.547. The number of thiazole rings is 1. The summed E-state index contributed by atoms with van der Waals surface area (Å²) in [6, 6.07) is 2.37. The van der Waals surface area contributed by atoms with Gasteiger partial charge in [0.1, 0.15) is 11.5 Å². The van der Waals surface area contributed by atoms with E-state index >= 15 is 0 Å². The molecule has 1 saturated carbocycles. The van der Waals surface area contributed by atoms with Crippen LogP contribution in [0.3, 0.4) is 0 Å². The predicted octanol–water partition coefficient (Wildman–Crippen LogP) is 3.99. The predicted molar refractivity (Wildman–Crippen MR) is 134 cm³/mol. The number of aliphatic hydroxyl groups excluding tert-OH is 1. The van der Waals surface area contributed by atoms with Crippen LogP contribution in [-0.2, 0) is 0 Å². The molecule has 2 aromatic heterocycles. The lowest BCUT2D eigenvalue weighted by molar-refractivity contribution is 0.0743. The molecular weight excluding hydrogens is 450 g/mol. The zero-order valence-corrected chi connectivity index (χ0v) is 21.2. The molecule has 8 nitrogen and oxygen atoms in total. The highest BCUT2D eigenvalue weighted by atomic mass is 32.1. The van der Waals surface area contributed by atoms with Gasteiger partial charge in [-0.25, -0.2) is 9.97 Å². The van der Waals surface area contributed by atoms with Crippen molar-refractivity contribution in [1.29, 1.82) is 0 Å². The van der Waals surface area contributed by atoms with E-state index in [9.17, 15) is 14.7 Å². The van der Waals surface area contributed by atoms with E-state index in [-0.39, 0.29) is 35.0 Å². The van der Waals surface area contributed by atoms with Crippen molar-refractivity contribution in [2.24, 2.45) is 0 Å². The van der Waals surface area contributed by atoms with Crippen LogP contribution in [0.5, 0.6) is 0 Å². The largest absolute Gasteiger partial charge is 0.393 e. The monoisotopic (exact) mass is 485 g/mol. The molecule has 0 unspecified atom stereocenters. The SMILES string of the molecule is CC[C@@H](C)Nc1cc(C)c(-c2sc(C(=O)N[C@@H]3CC[C@@H](O)C3)nc2C(=O)N2CCC[C@@H]2C)cn1. The Hall–Kier alpha value is -2.52. The Morgan fingerprint density at radius 1 is 1.32 bits per heavy atom. The number of nitrogens with zero attached hydrogens (tertiary/aromatic N) is 3. The second-order valence-electron chi connectivity index (χ2n) is 9.66. The second-order valence-corrected chi connectivity index (χ2v) is 10.7. The van der Waals surface area contributed by atoms with Crippen molar-refractivity contribution in [2.75, 3.05) is 11.9 Å². The average molecular weight is 486 g/mol. The molecule has 0 radical (unpaired) electrons. The lowest BCUT2D eigenvalue weighted by Crippen LogP contribution is -2.35. The molecule has 1 aliphatic carbocycles. The molecule has 1 aliphatic heterocycles.